The molecule has 1 saturated heterocycles. The van der Waals surface area contributed by atoms with Crippen molar-refractivity contribution in [2.75, 3.05) is 18.8 Å². The Morgan fingerprint density at radius 2 is 2.22 bits per heavy atom. The molecule has 2 unspecified atom stereocenters. The summed E-state index contributed by atoms with van der Waals surface area (Å²) in [4.78, 5) is 13.2. The van der Waals surface area contributed by atoms with E-state index in [1.54, 1.807) is 12.1 Å². The molecule has 1 aromatic carbocycles. The van der Waals surface area contributed by atoms with Gasteiger partial charge in [-0.2, -0.15) is 0 Å². The van der Waals surface area contributed by atoms with E-state index in [-0.39, 0.29) is 11.9 Å². The number of benzene rings is 1. The summed E-state index contributed by atoms with van der Waals surface area (Å²) in [5.41, 5.74) is 12.4. The molecule has 2 rings (SSSR count). The molecule has 1 aromatic rings. The third-order valence-electron chi connectivity index (χ3n) is 3.45. The number of aliphatic hydroxyl groups is 1. The van der Waals surface area contributed by atoms with Crippen LogP contribution in [0.4, 0.5) is 5.69 Å². The van der Waals surface area contributed by atoms with E-state index in [1.807, 2.05) is 17.0 Å². The summed E-state index contributed by atoms with van der Waals surface area (Å²) in [5, 5.41) is 10.2. The first kappa shape index (κ1) is 12.9. The quantitative estimate of drug-likeness (QED) is 0.667. The van der Waals surface area contributed by atoms with Gasteiger partial charge in [-0.15, -0.1) is 0 Å². The third kappa shape index (κ3) is 2.63. The number of likely N-dealkylation sites (tertiary alicyclic amines) is 1. The maximum absolute atomic E-state index is 11.3. The second kappa shape index (κ2) is 5.37. The van der Waals surface area contributed by atoms with E-state index >= 15 is 0 Å². The van der Waals surface area contributed by atoms with E-state index in [2.05, 4.69) is 0 Å². The SMILES string of the molecule is NC(=O)C1CCCN1CC(O)c1ccccc1N. The lowest BCUT2D eigenvalue weighted by atomic mass is 10.1. The highest BCUT2D eigenvalue weighted by molar-refractivity contribution is 5.80. The van der Waals surface area contributed by atoms with Crippen molar-refractivity contribution in [1.29, 1.82) is 0 Å². The van der Waals surface area contributed by atoms with Crippen molar-refractivity contribution in [1.82, 2.24) is 4.90 Å². The predicted octanol–water partition coefficient (Wildman–Crippen LogP) is 0.252. The van der Waals surface area contributed by atoms with Crippen LogP contribution in [0.3, 0.4) is 0 Å². The number of nitrogen functional groups attached to an aromatic ring is 1. The highest BCUT2D eigenvalue weighted by atomic mass is 16.3. The van der Waals surface area contributed by atoms with Crippen LogP contribution in [0.1, 0.15) is 24.5 Å². The molecule has 5 N–H and O–H groups in total. The zero-order chi connectivity index (χ0) is 13.1. The minimum Gasteiger partial charge on any atom is -0.398 e. The van der Waals surface area contributed by atoms with Crippen molar-refractivity contribution in [3.8, 4) is 0 Å². The smallest absolute Gasteiger partial charge is 0.234 e. The Balaban J connectivity index is 2.05. The number of para-hydroxylation sites is 1. The summed E-state index contributed by atoms with van der Waals surface area (Å²) in [7, 11) is 0. The van der Waals surface area contributed by atoms with Gasteiger partial charge in [0.05, 0.1) is 12.1 Å². The highest BCUT2D eigenvalue weighted by Crippen LogP contribution is 2.24. The van der Waals surface area contributed by atoms with Crippen LogP contribution in [0.5, 0.6) is 0 Å². The Kier molecular flexibility index (Phi) is 3.84. The number of hydrogen-bond donors (Lipinski definition) is 3. The Morgan fingerprint density at radius 1 is 1.50 bits per heavy atom. The van der Waals surface area contributed by atoms with Crippen molar-refractivity contribution in [2.24, 2.45) is 5.73 Å². The number of carbonyl (C=O) groups excluding carboxylic acids is 1. The van der Waals surface area contributed by atoms with Crippen LogP contribution < -0.4 is 11.5 Å². The third-order valence-corrected chi connectivity index (χ3v) is 3.45. The van der Waals surface area contributed by atoms with Crippen molar-refractivity contribution in [2.45, 2.75) is 25.0 Å². The highest BCUT2D eigenvalue weighted by Gasteiger charge is 2.30. The lowest BCUT2D eigenvalue weighted by Crippen LogP contribution is -2.42. The number of hydrogen-bond acceptors (Lipinski definition) is 4. The molecule has 0 radical (unpaired) electrons. The molecule has 1 heterocycles. The van der Waals surface area contributed by atoms with E-state index in [4.69, 9.17) is 11.5 Å². The second-order valence-electron chi connectivity index (χ2n) is 4.70. The molecule has 5 heteroatoms. The number of carbonyl (C=O) groups is 1. The van der Waals surface area contributed by atoms with E-state index in [9.17, 15) is 9.90 Å². The number of anilines is 1. The van der Waals surface area contributed by atoms with Gasteiger partial charge in [-0.05, 0) is 25.5 Å². The number of nitrogens with zero attached hydrogens (tertiary/aromatic N) is 1. The molecule has 5 nitrogen and oxygen atoms in total. The Hall–Kier alpha value is -1.59. The van der Waals surface area contributed by atoms with Crippen molar-refractivity contribution < 1.29 is 9.90 Å². The number of β-amino-alcohol motifs (C(OH)–C–C–N with tert-alkyl or cyclic N) is 1. The molecule has 0 saturated carbocycles. The van der Waals surface area contributed by atoms with Gasteiger partial charge in [0.15, 0.2) is 0 Å². The fourth-order valence-corrected chi connectivity index (χ4v) is 2.50. The average Bonchev–Trinajstić information content (AvgIpc) is 2.77. The minimum absolute atomic E-state index is 0.260. The van der Waals surface area contributed by atoms with E-state index in [0.717, 1.165) is 19.4 Å². The molecule has 0 bridgehead atoms. The Labute approximate surface area is 106 Å². The molecule has 1 fully saturated rings. The van der Waals surface area contributed by atoms with E-state index in [1.165, 1.54) is 0 Å². The number of aliphatic hydroxyl groups excluding tert-OH is 1. The van der Waals surface area contributed by atoms with Gasteiger partial charge in [-0.1, -0.05) is 18.2 Å². The zero-order valence-corrected chi connectivity index (χ0v) is 10.2. The van der Waals surface area contributed by atoms with Crippen molar-refractivity contribution in [3.63, 3.8) is 0 Å². The molecule has 1 aliphatic heterocycles. The monoisotopic (exact) mass is 249 g/mol. The lowest BCUT2D eigenvalue weighted by molar-refractivity contribution is -0.122. The van der Waals surface area contributed by atoms with Gasteiger partial charge < -0.3 is 16.6 Å². The van der Waals surface area contributed by atoms with E-state index in [0.29, 0.717) is 17.8 Å². The van der Waals surface area contributed by atoms with Gasteiger partial charge in [0.25, 0.3) is 0 Å². The molecular weight excluding hydrogens is 230 g/mol. The topological polar surface area (TPSA) is 92.6 Å². The Morgan fingerprint density at radius 3 is 2.89 bits per heavy atom. The fourth-order valence-electron chi connectivity index (χ4n) is 2.50. The maximum Gasteiger partial charge on any atom is 0.234 e. The molecule has 0 aromatic heterocycles. The first-order valence-corrected chi connectivity index (χ1v) is 6.15. The summed E-state index contributed by atoms with van der Waals surface area (Å²) in [5.74, 6) is -0.319. The minimum atomic E-state index is -0.689. The molecule has 98 valence electrons. The van der Waals surface area contributed by atoms with Crippen molar-refractivity contribution in [3.05, 3.63) is 29.8 Å². The van der Waals surface area contributed by atoms with Crippen molar-refractivity contribution >= 4 is 11.6 Å². The number of amides is 1. The van der Waals surface area contributed by atoms with Gasteiger partial charge in [-0.25, -0.2) is 0 Å². The Bertz CT molecular complexity index is 436. The first-order chi connectivity index (χ1) is 8.59. The summed E-state index contributed by atoms with van der Waals surface area (Å²) < 4.78 is 0. The molecular formula is C13H19N3O2. The largest absolute Gasteiger partial charge is 0.398 e. The van der Waals surface area contributed by atoms with Crippen LogP contribution in [0.25, 0.3) is 0 Å². The number of rotatable bonds is 4. The van der Waals surface area contributed by atoms with Crippen LogP contribution in [0.2, 0.25) is 0 Å². The maximum atomic E-state index is 11.3. The van der Waals surface area contributed by atoms with Crippen LogP contribution in [-0.4, -0.2) is 35.0 Å². The van der Waals surface area contributed by atoms with Gasteiger partial charge in [-0.3, -0.25) is 9.69 Å². The van der Waals surface area contributed by atoms with E-state index < -0.39 is 6.10 Å². The average molecular weight is 249 g/mol. The molecule has 1 amide bonds. The zero-order valence-electron chi connectivity index (χ0n) is 10.2. The summed E-state index contributed by atoms with van der Waals surface area (Å²) >= 11 is 0. The summed E-state index contributed by atoms with van der Waals surface area (Å²) in [6.07, 6.45) is 1.02. The van der Waals surface area contributed by atoms with Crippen LogP contribution >= 0.6 is 0 Å². The van der Waals surface area contributed by atoms with Gasteiger partial charge in [0, 0.05) is 17.8 Å². The number of nitrogens with two attached hydrogens (primary N) is 2. The van der Waals surface area contributed by atoms with Crippen LogP contribution in [0, 0.1) is 0 Å². The fraction of sp³-hybridized carbons (Fsp3) is 0.462. The van der Waals surface area contributed by atoms with Gasteiger partial charge >= 0.3 is 0 Å². The summed E-state index contributed by atoms with van der Waals surface area (Å²) in [6, 6.07) is 6.96. The standard InChI is InChI=1S/C13H19N3O2/c14-10-5-2-1-4-9(10)12(17)8-16-7-3-6-11(16)13(15)18/h1-2,4-5,11-12,17H,3,6-8,14H2,(H2,15,18). The van der Waals surface area contributed by atoms with Gasteiger partial charge in [0.2, 0.25) is 5.91 Å². The molecule has 2 atom stereocenters. The second-order valence-corrected chi connectivity index (χ2v) is 4.70. The van der Waals surface area contributed by atoms with Gasteiger partial charge in [0.1, 0.15) is 0 Å². The molecule has 0 spiro atoms. The first-order valence-electron chi connectivity index (χ1n) is 6.15. The summed E-state index contributed by atoms with van der Waals surface area (Å²) in [6.45, 7) is 1.18. The molecule has 18 heavy (non-hydrogen) atoms. The molecule has 1 aliphatic rings. The predicted molar refractivity (Wildman–Crippen MR) is 69.6 cm³/mol. The normalized spacial score (nSPS) is 21.9. The lowest BCUT2D eigenvalue weighted by Gasteiger charge is -2.25. The van der Waals surface area contributed by atoms with Crippen LogP contribution in [-0.2, 0) is 4.79 Å². The number of primary amides is 1. The molecule has 0 aliphatic carbocycles. The van der Waals surface area contributed by atoms with Crippen LogP contribution in [0.15, 0.2) is 24.3 Å².